The lowest BCUT2D eigenvalue weighted by Crippen LogP contribution is -2.15. The molecular formula is C17H19NO3. The first-order valence-corrected chi connectivity index (χ1v) is 6.76. The molecule has 21 heavy (non-hydrogen) atoms. The number of hydrogen-bond donors (Lipinski definition) is 2. The number of amides is 1. The van der Waals surface area contributed by atoms with Crippen LogP contribution in [-0.4, -0.2) is 18.1 Å². The van der Waals surface area contributed by atoms with Gasteiger partial charge in [-0.25, -0.2) is 0 Å². The number of anilines is 1. The summed E-state index contributed by atoms with van der Waals surface area (Å²) in [6.07, 6.45) is 0.260. The van der Waals surface area contributed by atoms with Crippen molar-refractivity contribution in [3.63, 3.8) is 0 Å². The summed E-state index contributed by atoms with van der Waals surface area (Å²) in [5, 5.41) is 12.1. The van der Waals surface area contributed by atoms with E-state index in [1.54, 1.807) is 19.2 Å². The highest BCUT2D eigenvalue weighted by atomic mass is 16.5. The van der Waals surface area contributed by atoms with Gasteiger partial charge >= 0.3 is 0 Å². The maximum absolute atomic E-state index is 12.1. The summed E-state index contributed by atoms with van der Waals surface area (Å²) >= 11 is 0. The molecule has 0 saturated carbocycles. The number of carbonyl (C=O) groups is 1. The molecule has 0 aliphatic carbocycles. The van der Waals surface area contributed by atoms with Crippen molar-refractivity contribution in [2.45, 2.75) is 20.0 Å². The summed E-state index contributed by atoms with van der Waals surface area (Å²) in [5.74, 6) is 0.651. The summed E-state index contributed by atoms with van der Waals surface area (Å²) in [6.45, 7) is 1.86. The second-order valence-electron chi connectivity index (χ2n) is 4.84. The van der Waals surface area contributed by atoms with E-state index in [-0.39, 0.29) is 18.9 Å². The second-order valence-corrected chi connectivity index (χ2v) is 4.84. The van der Waals surface area contributed by atoms with Crippen molar-refractivity contribution in [1.82, 2.24) is 0 Å². The van der Waals surface area contributed by atoms with Crippen LogP contribution >= 0.6 is 0 Å². The third kappa shape index (κ3) is 3.83. The largest absolute Gasteiger partial charge is 0.496 e. The molecule has 0 aromatic heterocycles. The Morgan fingerprint density at radius 3 is 2.71 bits per heavy atom. The molecule has 2 aromatic carbocycles. The van der Waals surface area contributed by atoms with E-state index >= 15 is 0 Å². The van der Waals surface area contributed by atoms with Crippen LogP contribution in [-0.2, 0) is 17.8 Å². The number of ether oxygens (including phenoxy) is 1. The number of carbonyl (C=O) groups excluding carboxylic acids is 1. The van der Waals surface area contributed by atoms with E-state index in [1.165, 1.54) is 0 Å². The molecule has 2 aromatic rings. The van der Waals surface area contributed by atoms with E-state index in [9.17, 15) is 9.90 Å². The van der Waals surface area contributed by atoms with Crippen molar-refractivity contribution in [3.8, 4) is 5.75 Å². The number of nitrogens with one attached hydrogen (secondary N) is 1. The van der Waals surface area contributed by atoms with Crippen LogP contribution in [0.25, 0.3) is 0 Å². The fourth-order valence-electron chi connectivity index (χ4n) is 2.13. The molecule has 1 amide bonds. The standard InChI is InChI=1S/C17H19NO3/c1-12-7-8-13(9-16(12)21-2)10-17(20)18-15-6-4-3-5-14(15)11-19/h3-9,19H,10-11H2,1-2H3,(H,18,20). The Balaban J connectivity index is 2.08. The lowest BCUT2D eigenvalue weighted by atomic mass is 10.1. The van der Waals surface area contributed by atoms with Crippen LogP contribution < -0.4 is 10.1 Å². The third-order valence-corrected chi connectivity index (χ3v) is 3.30. The molecule has 0 bridgehead atoms. The quantitative estimate of drug-likeness (QED) is 0.888. The number of aryl methyl sites for hydroxylation is 1. The number of benzene rings is 2. The summed E-state index contributed by atoms with van der Waals surface area (Å²) in [6, 6.07) is 12.9. The predicted molar refractivity (Wildman–Crippen MR) is 82.4 cm³/mol. The summed E-state index contributed by atoms with van der Waals surface area (Å²) < 4.78 is 5.26. The van der Waals surface area contributed by atoms with Gasteiger partial charge in [0, 0.05) is 11.3 Å². The highest BCUT2D eigenvalue weighted by Gasteiger charge is 2.08. The van der Waals surface area contributed by atoms with Crippen molar-refractivity contribution in [2.75, 3.05) is 12.4 Å². The van der Waals surface area contributed by atoms with Crippen LogP contribution in [0.2, 0.25) is 0 Å². The molecule has 0 heterocycles. The highest BCUT2D eigenvalue weighted by molar-refractivity contribution is 5.93. The normalized spacial score (nSPS) is 10.2. The Bertz CT molecular complexity index is 638. The van der Waals surface area contributed by atoms with Gasteiger partial charge in [0.25, 0.3) is 0 Å². The number of para-hydroxylation sites is 1. The SMILES string of the molecule is COc1cc(CC(=O)Nc2ccccc2CO)ccc1C. The second kappa shape index (κ2) is 6.90. The molecule has 4 nitrogen and oxygen atoms in total. The van der Waals surface area contributed by atoms with Crippen LogP contribution in [0.3, 0.4) is 0 Å². The fraction of sp³-hybridized carbons (Fsp3) is 0.235. The topological polar surface area (TPSA) is 58.6 Å². The number of aliphatic hydroxyl groups is 1. The van der Waals surface area contributed by atoms with E-state index in [2.05, 4.69) is 5.32 Å². The number of aliphatic hydroxyl groups excluding tert-OH is 1. The monoisotopic (exact) mass is 285 g/mol. The molecule has 0 spiro atoms. The van der Waals surface area contributed by atoms with Gasteiger partial charge in [0.05, 0.1) is 20.1 Å². The minimum Gasteiger partial charge on any atom is -0.496 e. The number of methoxy groups -OCH3 is 1. The fourth-order valence-corrected chi connectivity index (χ4v) is 2.13. The average Bonchev–Trinajstić information content (AvgIpc) is 2.49. The summed E-state index contributed by atoms with van der Waals surface area (Å²) in [7, 11) is 1.61. The molecule has 0 saturated heterocycles. The Labute approximate surface area is 124 Å². The summed E-state index contributed by atoms with van der Waals surface area (Å²) in [4.78, 5) is 12.1. The molecule has 0 radical (unpaired) electrons. The van der Waals surface area contributed by atoms with Gasteiger partial charge in [-0.2, -0.15) is 0 Å². The molecule has 0 fully saturated rings. The van der Waals surface area contributed by atoms with Gasteiger partial charge in [0.15, 0.2) is 0 Å². The lowest BCUT2D eigenvalue weighted by molar-refractivity contribution is -0.115. The molecule has 2 rings (SSSR count). The first-order valence-electron chi connectivity index (χ1n) is 6.76. The molecule has 4 heteroatoms. The predicted octanol–water partition coefficient (Wildman–Crippen LogP) is 2.68. The molecule has 2 N–H and O–H groups in total. The van der Waals surface area contributed by atoms with E-state index < -0.39 is 0 Å². The van der Waals surface area contributed by atoms with Crippen molar-refractivity contribution < 1.29 is 14.6 Å². The van der Waals surface area contributed by atoms with Crippen LogP contribution in [0.4, 0.5) is 5.69 Å². The van der Waals surface area contributed by atoms with Gasteiger partial charge in [-0.15, -0.1) is 0 Å². The van der Waals surface area contributed by atoms with Gasteiger partial charge in [-0.1, -0.05) is 30.3 Å². The molecule has 0 aliphatic rings. The van der Waals surface area contributed by atoms with Crippen LogP contribution in [0, 0.1) is 6.92 Å². The third-order valence-electron chi connectivity index (χ3n) is 3.30. The van der Waals surface area contributed by atoms with Gasteiger partial charge in [0.1, 0.15) is 5.75 Å². The van der Waals surface area contributed by atoms with E-state index in [0.29, 0.717) is 11.3 Å². The maximum atomic E-state index is 12.1. The zero-order chi connectivity index (χ0) is 15.2. The van der Waals surface area contributed by atoms with Crippen molar-refractivity contribution in [3.05, 3.63) is 59.2 Å². The molecule has 110 valence electrons. The van der Waals surface area contributed by atoms with Gasteiger partial charge < -0.3 is 15.2 Å². The zero-order valence-corrected chi connectivity index (χ0v) is 12.2. The Morgan fingerprint density at radius 1 is 1.24 bits per heavy atom. The van der Waals surface area contributed by atoms with E-state index in [4.69, 9.17) is 4.74 Å². The smallest absolute Gasteiger partial charge is 0.228 e. The number of hydrogen-bond acceptors (Lipinski definition) is 3. The molecule has 0 aliphatic heterocycles. The zero-order valence-electron chi connectivity index (χ0n) is 12.2. The van der Waals surface area contributed by atoms with Gasteiger partial charge in [-0.3, -0.25) is 4.79 Å². The van der Waals surface area contributed by atoms with Gasteiger partial charge in [0.2, 0.25) is 5.91 Å². The van der Waals surface area contributed by atoms with Crippen LogP contribution in [0.1, 0.15) is 16.7 Å². The minimum absolute atomic E-state index is 0.102. The first kappa shape index (κ1) is 15.1. The van der Waals surface area contributed by atoms with E-state index in [1.807, 2.05) is 37.3 Å². The Morgan fingerprint density at radius 2 is 2.00 bits per heavy atom. The van der Waals surface area contributed by atoms with Crippen molar-refractivity contribution in [1.29, 1.82) is 0 Å². The van der Waals surface area contributed by atoms with Crippen molar-refractivity contribution in [2.24, 2.45) is 0 Å². The molecular weight excluding hydrogens is 266 g/mol. The molecule has 0 unspecified atom stereocenters. The summed E-state index contributed by atoms with van der Waals surface area (Å²) in [5.41, 5.74) is 3.26. The number of rotatable bonds is 5. The van der Waals surface area contributed by atoms with Crippen molar-refractivity contribution >= 4 is 11.6 Å². The highest BCUT2D eigenvalue weighted by Crippen LogP contribution is 2.20. The minimum atomic E-state index is -0.123. The molecule has 0 atom stereocenters. The van der Waals surface area contributed by atoms with Gasteiger partial charge in [-0.05, 0) is 30.2 Å². The van der Waals surface area contributed by atoms with E-state index in [0.717, 1.165) is 16.9 Å². The van der Waals surface area contributed by atoms with Crippen LogP contribution in [0.5, 0.6) is 5.75 Å². The lowest BCUT2D eigenvalue weighted by Gasteiger charge is -2.10. The Hall–Kier alpha value is -2.33. The maximum Gasteiger partial charge on any atom is 0.228 e. The van der Waals surface area contributed by atoms with Crippen LogP contribution in [0.15, 0.2) is 42.5 Å². The Kier molecular flexibility index (Phi) is 4.95. The average molecular weight is 285 g/mol. The first-order chi connectivity index (χ1) is 10.1.